The number of aryl methyl sites for hydroxylation is 1. The molecule has 2 nitrogen and oxygen atoms in total. The fraction of sp³-hybridized carbons (Fsp3) is 0.267. The molecule has 2 N–H and O–H groups in total. The van der Waals surface area contributed by atoms with Crippen LogP contribution in [0.4, 0.5) is 0 Å². The molecule has 0 aliphatic carbocycles. The molecule has 2 rings (SSSR count). The Morgan fingerprint density at radius 3 is 2.56 bits per heavy atom. The van der Waals surface area contributed by atoms with Gasteiger partial charge >= 0.3 is 0 Å². The quantitative estimate of drug-likeness (QED) is 0.855. The highest BCUT2D eigenvalue weighted by Crippen LogP contribution is 2.20. The second-order valence-electron chi connectivity index (χ2n) is 4.35. The maximum absolute atomic E-state index is 6.24. The van der Waals surface area contributed by atoms with Gasteiger partial charge in [-0.3, -0.25) is 4.98 Å². The summed E-state index contributed by atoms with van der Waals surface area (Å²) >= 11 is 1.74. The summed E-state index contributed by atoms with van der Waals surface area (Å²) in [5, 5.41) is 0. The van der Waals surface area contributed by atoms with Gasteiger partial charge in [-0.05, 0) is 42.5 Å². The van der Waals surface area contributed by atoms with Gasteiger partial charge in [0.1, 0.15) is 0 Å². The van der Waals surface area contributed by atoms with E-state index in [1.165, 1.54) is 10.5 Å². The van der Waals surface area contributed by atoms with Gasteiger partial charge in [0.05, 0.1) is 0 Å². The second-order valence-corrected chi connectivity index (χ2v) is 5.23. The molecule has 0 bridgehead atoms. The Morgan fingerprint density at radius 1 is 1.22 bits per heavy atom. The van der Waals surface area contributed by atoms with Gasteiger partial charge in [0.2, 0.25) is 0 Å². The molecular formula is C15H18N2S. The zero-order valence-corrected chi connectivity index (χ0v) is 11.6. The van der Waals surface area contributed by atoms with Gasteiger partial charge in [-0.2, -0.15) is 0 Å². The summed E-state index contributed by atoms with van der Waals surface area (Å²) in [7, 11) is 0. The molecular weight excluding hydrogens is 240 g/mol. The van der Waals surface area contributed by atoms with Crippen molar-refractivity contribution in [3.05, 3.63) is 59.4 Å². The van der Waals surface area contributed by atoms with Crippen LogP contribution in [0.2, 0.25) is 0 Å². The summed E-state index contributed by atoms with van der Waals surface area (Å²) in [6.07, 6.45) is 4.68. The van der Waals surface area contributed by atoms with E-state index in [-0.39, 0.29) is 6.04 Å². The predicted octanol–water partition coefficient (Wildman–Crippen LogP) is 3.35. The van der Waals surface area contributed by atoms with Crippen LogP contribution >= 0.6 is 11.8 Å². The summed E-state index contributed by atoms with van der Waals surface area (Å²) in [5.74, 6) is 0. The molecule has 0 saturated heterocycles. The Hall–Kier alpha value is -1.32. The highest BCUT2D eigenvalue weighted by atomic mass is 32.2. The molecule has 0 radical (unpaired) electrons. The summed E-state index contributed by atoms with van der Waals surface area (Å²) < 4.78 is 0. The number of hydrogen-bond donors (Lipinski definition) is 1. The van der Waals surface area contributed by atoms with Crippen molar-refractivity contribution in [2.45, 2.75) is 24.3 Å². The monoisotopic (exact) mass is 258 g/mol. The highest BCUT2D eigenvalue weighted by Gasteiger charge is 2.09. The third kappa shape index (κ3) is 3.12. The fourth-order valence-electron chi connectivity index (χ4n) is 1.91. The van der Waals surface area contributed by atoms with Crippen molar-refractivity contribution in [1.82, 2.24) is 4.98 Å². The van der Waals surface area contributed by atoms with Gasteiger partial charge in [-0.25, -0.2) is 0 Å². The van der Waals surface area contributed by atoms with Gasteiger partial charge in [0.25, 0.3) is 0 Å². The van der Waals surface area contributed by atoms with Gasteiger partial charge in [0.15, 0.2) is 0 Å². The Kier molecular flexibility index (Phi) is 4.39. The van der Waals surface area contributed by atoms with Crippen LogP contribution in [0.3, 0.4) is 0 Å². The van der Waals surface area contributed by atoms with Gasteiger partial charge in [0, 0.05) is 29.2 Å². The smallest absolute Gasteiger partial charge is 0.0451 e. The summed E-state index contributed by atoms with van der Waals surface area (Å²) in [6.45, 7) is 2.08. The van der Waals surface area contributed by atoms with Crippen LogP contribution in [0.25, 0.3) is 0 Å². The van der Waals surface area contributed by atoms with Crippen LogP contribution in [-0.2, 0) is 6.42 Å². The second kappa shape index (κ2) is 6.03. The predicted molar refractivity (Wildman–Crippen MR) is 77.8 cm³/mol. The molecule has 18 heavy (non-hydrogen) atoms. The first-order valence-electron chi connectivity index (χ1n) is 6.00. The van der Waals surface area contributed by atoms with Crippen molar-refractivity contribution in [3.8, 4) is 0 Å². The van der Waals surface area contributed by atoms with Crippen molar-refractivity contribution >= 4 is 11.8 Å². The number of thioether (sulfide) groups is 1. The Morgan fingerprint density at radius 2 is 1.94 bits per heavy atom. The number of aromatic nitrogens is 1. The van der Waals surface area contributed by atoms with Crippen LogP contribution in [0, 0.1) is 6.92 Å². The molecule has 1 aromatic heterocycles. The van der Waals surface area contributed by atoms with E-state index in [9.17, 15) is 0 Å². The minimum atomic E-state index is 0.00880. The molecule has 1 heterocycles. The molecule has 0 saturated carbocycles. The summed E-state index contributed by atoms with van der Waals surface area (Å²) in [4.78, 5) is 5.66. The zero-order chi connectivity index (χ0) is 13.0. The van der Waals surface area contributed by atoms with Gasteiger partial charge in [-0.1, -0.05) is 18.2 Å². The SMILES string of the molecule is CSc1ccc(C(N)Cc2ncccc2C)cc1. The molecule has 0 aliphatic heterocycles. The van der Waals surface area contributed by atoms with Crippen LogP contribution < -0.4 is 5.73 Å². The average molecular weight is 258 g/mol. The third-order valence-electron chi connectivity index (χ3n) is 3.08. The lowest BCUT2D eigenvalue weighted by Gasteiger charge is -2.13. The molecule has 1 atom stereocenters. The molecule has 1 aromatic carbocycles. The van der Waals surface area contributed by atoms with E-state index in [1.54, 1.807) is 11.8 Å². The topological polar surface area (TPSA) is 38.9 Å². The average Bonchev–Trinajstić information content (AvgIpc) is 2.41. The lowest BCUT2D eigenvalue weighted by atomic mass is 10.0. The number of rotatable bonds is 4. The molecule has 2 aromatic rings. The van der Waals surface area contributed by atoms with E-state index in [1.807, 2.05) is 12.3 Å². The minimum Gasteiger partial charge on any atom is -0.324 e. The first-order chi connectivity index (χ1) is 8.70. The number of nitrogens with zero attached hydrogens (tertiary/aromatic N) is 1. The standard InChI is InChI=1S/C15H18N2S/c1-11-4-3-9-17-15(11)10-14(16)12-5-7-13(18-2)8-6-12/h3-9,14H,10,16H2,1-2H3. The Bertz CT molecular complexity index is 508. The first kappa shape index (κ1) is 13.1. The lowest BCUT2D eigenvalue weighted by molar-refractivity contribution is 0.702. The van der Waals surface area contributed by atoms with Crippen LogP contribution in [0.15, 0.2) is 47.5 Å². The van der Waals surface area contributed by atoms with E-state index >= 15 is 0 Å². The van der Waals surface area contributed by atoms with Crippen LogP contribution in [0.1, 0.15) is 22.9 Å². The van der Waals surface area contributed by atoms with Crippen molar-refractivity contribution in [2.75, 3.05) is 6.26 Å². The maximum Gasteiger partial charge on any atom is 0.0451 e. The third-order valence-corrected chi connectivity index (χ3v) is 3.82. The molecule has 0 amide bonds. The van der Waals surface area contributed by atoms with E-state index in [2.05, 4.69) is 48.5 Å². The molecule has 0 spiro atoms. The molecule has 94 valence electrons. The Balaban J connectivity index is 2.11. The van der Waals surface area contributed by atoms with E-state index in [0.717, 1.165) is 17.7 Å². The van der Waals surface area contributed by atoms with E-state index in [4.69, 9.17) is 5.73 Å². The number of hydrogen-bond acceptors (Lipinski definition) is 3. The van der Waals surface area contributed by atoms with Gasteiger partial charge < -0.3 is 5.73 Å². The number of pyridine rings is 1. The van der Waals surface area contributed by atoms with Crippen molar-refractivity contribution < 1.29 is 0 Å². The molecule has 0 aliphatic rings. The van der Waals surface area contributed by atoms with Crippen LogP contribution in [-0.4, -0.2) is 11.2 Å². The highest BCUT2D eigenvalue weighted by molar-refractivity contribution is 7.98. The van der Waals surface area contributed by atoms with Crippen LogP contribution in [0.5, 0.6) is 0 Å². The zero-order valence-electron chi connectivity index (χ0n) is 10.8. The minimum absolute atomic E-state index is 0.00880. The molecule has 3 heteroatoms. The maximum atomic E-state index is 6.24. The lowest BCUT2D eigenvalue weighted by Crippen LogP contribution is -2.14. The number of nitrogens with two attached hydrogens (primary N) is 1. The van der Waals surface area contributed by atoms with E-state index < -0.39 is 0 Å². The normalized spacial score (nSPS) is 12.4. The Labute approximate surface area is 113 Å². The first-order valence-corrected chi connectivity index (χ1v) is 7.23. The molecule has 1 unspecified atom stereocenters. The van der Waals surface area contributed by atoms with Gasteiger partial charge in [-0.15, -0.1) is 11.8 Å². The largest absolute Gasteiger partial charge is 0.324 e. The number of benzene rings is 1. The summed E-state index contributed by atoms with van der Waals surface area (Å²) in [5.41, 5.74) is 9.69. The fourth-order valence-corrected chi connectivity index (χ4v) is 2.32. The van der Waals surface area contributed by atoms with Crippen molar-refractivity contribution in [1.29, 1.82) is 0 Å². The van der Waals surface area contributed by atoms with E-state index in [0.29, 0.717) is 0 Å². The summed E-state index contributed by atoms with van der Waals surface area (Å²) in [6, 6.07) is 12.5. The van der Waals surface area contributed by atoms with Crippen molar-refractivity contribution in [3.63, 3.8) is 0 Å². The molecule has 0 fully saturated rings. The van der Waals surface area contributed by atoms with Crippen molar-refractivity contribution in [2.24, 2.45) is 5.73 Å².